The molecule has 0 aliphatic carbocycles. The van der Waals surface area contributed by atoms with Crippen LogP contribution in [0.25, 0.3) is 0 Å². The molecule has 0 amide bonds. The van der Waals surface area contributed by atoms with Crippen LogP contribution in [0.5, 0.6) is 11.5 Å². The standard InChI is InChI=1S/C12H15F3O3/c1-9(3-2-8-16)17-10-4-6-11(7-5-10)18-12(13,14)15/h4-7,9,16H,2-3,8H2,1H3. The van der Waals surface area contributed by atoms with E-state index in [4.69, 9.17) is 9.84 Å². The Morgan fingerprint density at radius 3 is 2.22 bits per heavy atom. The minimum Gasteiger partial charge on any atom is -0.491 e. The second-order valence-corrected chi connectivity index (χ2v) is 3.81. The highest BCUT2D eigenvalue weighted by atomic mass is 19.4. The lowest BCUT2D eigenvalue weighted by atomic mass is 10.2. The smallest absolute Gasteiger partial charge is 0.491 e. The van der Waals surface area contributed by atoms with Crippen LogP contribution < -0.4 is 9.47 Å². The molecule has 1 atom stereocenters. The summed E-state index contributed by atoms with van der Waals surface area (Å²) in [4.78, 5) is 0. The zero-order valence-corrected chi connectivity index (χ0v) is 9.91. The summed E-state index contributed by atoms with van der Waals surface area (Å²) in [5, 5.41) is 8.65. The van der Waals surface area contributed by atoms with E-state index in [-0.39, 0.29) is 18.5 Å². The van der Waals surface area contributed by atoms with Crippen LogP contribution in [0.1, 0.15) is 19.8 Å². The van der Waals surface area contributed by atoms with E-state index in [0.29, 0.717) is 18.6 Å². The summed E-state index contributed by atoms with van der Waals surface area (Å²) in [6.07, 6.45) is -3.49. The highest BCUT2D eigenvalue weighted by molar-refractivity contribution is 5.31. The Hall–Kier alpha value is -1.43. The second-order valence-electron chi connectivity index (χ2n) is 3.81. The normalized spacial score (nSPS) is 13.2. The predicted molar refractivity (Wildman–Crippen MR) is 59.5 cm³/mol. The van der Waals surface area contributed by atoms with Crippen molar-refractivity contribution in [1.82, 2.24) is 0 Å². The first-order valence-electron chi connectivity index (χ1n) is 5.54. The van der Waals surface area contributed by atoms with Crippen LogP contribution in [-0.2, 0) is 0 Å². The van der Waals surface area contributed by atoms with Crippen LogP contribution >= 0.6 is 0 Å². The predicted octanol–water partition coefficient (Wildman–Crippen LogP) is 3.13. The first-order chi connectivity index (χ1) is 8.40. The van der Waals surface area contributed by atoms with Gasteiger partial charge >= 0.3 is 6.36 Å². The molecule has 0 aromatic heterocycles. The number of hydrogen-bond donors (Lipinski definition) is 1. The van der Waals surface area contributed by atoms with Gasteiger partial charge in [0.05, 0.1) is 6.10 Å². The zero-order chi connectivity index (χ0) is 13.6. The van der Waals surface area contributed by atoms with Crippen molar-refractivity contribution in [2.24, 2.45) is 0 Å². The van der Waals surface area contributed by atoms with Gasteiger partial charge in [0.15, 0.2) is 0 Å². The van der Waals surface area contributed by atoms with Gasteiger partial charge in [-0.2, -0.15) is 0 Å². The number of benzene rings is 1. The monoisotopic (exact) mass is 264 g/mol. The molecule has 0 fully saturated rings. The maximum atomic E-state index is 11.9. The van der Waals surface area contributed by atoms with E-state index in [0.717, 1.165) is 0 Å². The Kier molecular flexibility index (Phi) is 5.27. The van der Waals surface area contributed by atoms with Crippen LogP contribution in [0.4, 0.5) is 13.2 Å². The fraction of sp³-hybridized carbons (Fsp3) is 0.500. The second kappa shape index (κ2) is 6.49. The van der Waals surface area contributed by atoms with Gasteiger partial charge in [0.2, 0.25) is 0 Å². The molecule has 0 radical (unpaired) electrons. The maximum Gasteiger partial charge on any atom is 0.573 e. The highest BCUT2D eigenvalue weighted by Crippen LogP contribution is 2.25. The van der Waals surface area contributed by atoms with E-state index in [2.05, 4.69) is 4.74 Å². The van der Waals surface area contributed by atoms with Gasteiger partial charge < -0.3 is 14.6 Å². The third-order valence-electron chi connectivity index (χ3n) is 2.16. The summed E-state index contributed by atoms with van der Waals surface area (Å²) in [5.74, 6) is 0.188. The lowest BCUT2D eigenvalue weighted by molar-refractivity contribution is -0.274. The summed E-state index contributed by atoms with van der Waals surface area (Å²) < 4.78 is 44.9. The van der Waals surface area contributed by atoms with Gasteiger partial charge in [-0.25, -0.2) is 0 Å². The minimum absolute atomic E-state index is 0.0893. The lowest BCUT2D eigenvalue weighted by Gasteiger charge is -2.14. The molecule has 1 unspecified atom stereocenters. The number of aliphatic hydroxyl groups excluding tert-OH is 1. The number of halogens is 3. The van der Waals surface area contributed by atoms with E-state index in [9.17, 15) is 13.2 Å². The number of hydrogen-bond acceptors (Lipinski definition) is 3. The Morgan fingerprint density at radius 1 is 1.17 bits per heavy atom. The SMILES string of the molecule is CC(CCCO)Oc1ccc(OC(F)(F)F)cc1. The van der Waals surface area contributed by atoms with Crippen molar-refractivity contribution < 1.29 is 27.8 Å². The summed E-state index contributed by atoms with van der Waals surface area (Å²) >= 11 is 0. The number of alkyl halides is 3. The first-order valence-corrected chi connectivity index (χ1v) is 5.54. The molecular weight excluding hydrogens is 249 g/mol. The van der Waals surface area contributed by atoms with E-state index in [1.807, 2.05) is 6.92 Å². The Morgan fingerprint density at radius 2 is 1.72 bits per heavy atom. The van der Waals surface area contributed by atoms with Gasteiger partial charge in [-0.05, 0) is 44.0 Å². The van der Waals surface area contributed by atoms with Crippen LogP contribution in [-0.4, -0.2) is 24.2 Å². The van der Waals surface area contributed by atoms with Crippen molar-refractivity contribution in [3.05, 3.63) is 24.3 Å². The van der Waals surface area contributed by atoms with Crippen molar-refractivity contribution in [3.8, 4) is 11.5 Å². The number of ether oxygens (including phenoxy) is 2. The molecule has 0 spiro atoms. The van der Waals surface area contributed by atoms with Gasteiger partial charge in [0, 0.05) is 6.61 Å². The fourth-order valence-electron chi connectivity index (χ4n) is 1.39. The van der Waals surface area contributed by atoms with Crippen molar-refractivity contribution in [1.29, 1.82) is 0 Å². The molecule has 0 saturated heterocycles. The fourth-order valence-corrected chi connectivity index (χ4v) is 1.39. The van der Waals surface area contributed by atoms with Crippen molar-refractivity contribution >= 4 is 0 Å². The van der Waals surface area contributed by atoms with Gasteiger partial charge in [0.1, 0.15) is 11.5 Å². The topological polar surface area (TPSA) is 38.7 Å². The summed E-state index contributed by atoms with van der Waals surface area (Å²) in [6, 6.07) is 5.22. The molecule has 102 valence electrons. The van der Waals surface area contributed by atoms with Gasteiger partial charge in [0.25, 0.3) is 0 Å². The Balaban J connectivity index is 2.50. The van der Waals surface area contributed by atoms with E-state index in [1.165, 1.54) is 24.3 Å². The van der Waals surface area contributed by atoms with E-state index < -0.39 is 6.36 Å². The molecule has 1 rings (SSSR count). The van der Waals surface area contributed by atoms with Crippen molar-refractivity contribution in [2.45, 2.75) is 32.2 Å². The molecule has 0 aliphatic heterocycles. The van der Waals surface area contributed by atoms with Gasteiger partial charge in [-0.3, -0.25) is 0 Å². The van der Waals surface area contributed by atoms with Crippen LogP contribution in [0, 0.1) is 0 Å². The van der Waals surface area contributed by atoms with Crippen LogP contribution in [0.3, 0.4) is 0 Å². The van der Waals surface area contributed by atoms with Crippen molar-refractivity contribution in [3.63, 3.8) is 0 Å². The molecule has 0 aliphatic rings. The minimum atomic E-state index is -4.68. The summed E-state index contributed by atoms with van der Waals surface area (Å²) in [7, 11) is 0. The molecule has 1 aromatic carbocycles. The van der Waals surface area contributed by atoms with E-state index in [1.54, 1.807) is 0 Å². The molecule has 1 aromatic rings. The molecule has 6 heteroatoms. The molecule has 0 saturated carbocycles. The van der Waals surface area contributed by atoms with Crippen molar-refractivity contribution in [2.75, 3.05) is 6.61 Å². The Bertz CT molecular complexity index is 349. The third-order valence-corrected chi connectivity index (χ3v) is 2.16. The summed E-state index contributed by atoms with van der Waals surface area (Å²) in [5.41, 5.74) is 0. The summed E-state index contributed by atoms with van der Waals surface area (Å²) in [6.45, 7) is 1.92. The highest BCUT2D eigenvalue weighted by Gasteiger charge is 2.30. The molecule has 0 bridgehead atoms. The molecule has 0 heterocycles. The third kappa shape index (κ3) is 5.77. The molecular formula is C12H15F3O3. The number of aliphatic hydroxyl groups is 1. The molecule has 1 N–H and O–H groups in total. The zero-order valence-electron chi connectivity index (χ0n) is 9.91. The average Bonchev–Trinajstić information content (AvgIpc) is 2.27. The van der Waals surface area contributed by atoms with Gasteiger partial charge in [-0.1, -0.05) is 0 Å². The average molecular weight is 264 g/mol. The quantitative estimate of drug-likeness (QED) is 0.858. The van der Waals surface area contributed by atoms with Crippen LogP contribution in [0.2, 0.25) is 0 Å². The molecule has 3 nitrogen and oxygen atoms in total. The Labute approximate surface area is 103 Å². The van der Waals surface area contributed by atoms with E-state index >= 15 is 0 Å². The number of rotatable bonds is 6. The largest absolute Gasteiger partial charge is 0.573 e. The maximum absolute atomic E-state index is 11.9. The first kappa shape index (κ1) is 14.6. The van der Waals surface area contributed by atoms with Crippen LogP contribution in [0.15, 0.2) is 24.3 Å². The molecule has 18 heavy (non-hydrogen) atoms. The van der Waals surface area contributed by atoms with Gasteiger partial charge in [-0.15, -0.1) is 13.2 Å². The lowest BCUT2D eigenvalue weighted by Crippen LogP contribution is -2.17.